The van der Waals surface area contributed by atoms with Gasteiger partial charge in [0.1, 0.15) is 5.76 Å². The Morgan fingerprint density at radius 2 is 2.31 bits per heavy atom. The number of hydrogen-bond donors (Lipinski definition) is 2. The Morgan fingerprint density at radius 3 is 3.00 bits per heavy atom. The van der Waals surface area contributed by atoms with Crippen LogP contribution in [0.25, 0.3) is 0 Å². The average Bonchev–Trinajstić information content (AvgIpc) is 3.36. The standard InChI is InChI=1S/C16H19N5O2S3/c1-3-12(14(22)18-13-9-10(2)23-21-13)25-16-20-19-15(26-16)17-7-6-11-5-4-8-24-11/h4-5,8-9,12H,3,6-7H2,1-2H3,(H,17,19)(H,18,21,22)/t12-/m1/s1. The lowest BCUT2D eigenvalue weighted by Gasteiger charge is -2.10. The van der Waals surface area contributed by atoms with E-state index in [1.807, 2.05) is 6.92 Å². The van der Waals surface area contributed by atoms with Gasteiger partial charge in [0.15, 0.2) is 10.2 Å². The number of carbonyl (C=O) groups excluding carboxylic acids is 1. The van der Waals surface area contributed by atoms with Gasteiger partial charge in [0.05, 0.1) is 5.25 Å². The first kappa shape index (κ1) is 18.9. The molecule has 3 heterocycles. The summed E-state index contributed by atoms with van der Waals surface area (Å²) in [5.74, 6) is 0.969. The summed E-state index contributed by atoms with van der Waals surface area (Å²) >= 11 is 4.62. The molecule has 1 amide bonds. The molecule has 0 saturated carbocycles. The number of thioether (sulfide) groups is 1. The fourth-order valence-corrected chi connectivity index (χ4v) is 4.81. The Kier molecular flexibility index (Phi) is 6.64. The minimum Gasteiger partial charge on any atom is -0.360 e. The number of anilines is 2. The molecule has 0 aliphatic rings. The first-order valence-corrected chi connectivity index (χ1v) is 10.7. The van der Waals surface area contributed by atoms with Gasteiger partial charge >= 0.3 is 0 Å². The van der Waals surface area contributed by atoms with Crippen molar-refractivity contribution in [2.45, 2.75) is 36.3 Å². The highest BCUT2D eigenvalue weighted by molar-refractivity contribution is 8.02. The van der Waals surface area contributed by atoms with Crippen molar-refractivity contribution < 1.29 is 9.32 Å². The van der Waals surface area contributed by atoms with Crippen LogP contribution in [0.4, 0.5) is 10.9 Å². The van der Waals surface area contributed by atoms with Crippen molar-refractivity contribution in [3.8, 4) is 0 Å². The fraction of sp³-hybridized carbons (Fsp3) is 0.375. The quantitative estimate of drug-likeness (QED) is 0.515. The van der Waals surface area contributed by atoms with Crippen molar-refractivity contribution >= 4 is 51.3 Å². The molecule has 0 aromatic carbocycles. The molecule has 0 fully saturated rings. The van der Waals surface area contributed by atoms with Gasteiger partial charge in [0.2, 0.25) is 11.0 Å². The van der Waals surface area contributed by atoms with Crippen molar-refractivity contribution in [3.05, 3.63) is 34.2 Å². The maximum absolute atomic E-state index is 12.4. The second-order valence-corrected chi connectivity index (χ2v) is 8.92. The summed E-state index contributed by atoms with van der Waals surface area (Å²) in [5, 5.41) is 20.7. The molecular weight excluding hydrogens is 390 g/mol. The first-order chi connectivity index (χ1) is 12.6. The maximum atomic E-state index is 12.4. The van der Waals surface area contributed by atoms with Crippen LogP contribution in [0.3, 0.4) is 0 Å². The van der Waals surface area contributed by atoms with Gasteiger partial charge in [0.25, 0.3) is 0 Å². The summed E-state index contributed by atoms with van der Waals surface area (Å²) in [6.07, 6.45) is 1.63. The van der Waals surface area contributed by atoms with E-state index in [4.69, 9.17) is 4.52 Å². The van der Waals surface area contributed by atoms with E-state index in [9.17, 15) is 4.79 Å². The molecule has 0 unspecified atom stereocenters. The van der Waals surface area contributed by atoms with Gasteiger partial charge in [-0.05, 0) is 31.2 Å². The van der Waals surface area contributed by atoms with Crippen molar-refractivity contribution in [1.29, 1.82) is 0 Å². The van der Waals surface area contributed by atoms with E-state index in [1.54, 1.807) is 24.3 Å². The van der Waals surface area contributed by atoms with E-state index in [2.05, 4.69) is 43.5 Å². The van der Waals surface area contributed by atoms with Gasteiger partial charge < -0.3 is 15.2 Å². The van der Waals surface area contributed by atoms with Gasteiger partial charge in [-0.2, -0.15) is 0 Å². The number of aryl methyl sites for hydroxylation is 1. The third kappa shape index (κ3) is 5.29. The smallest absolute Gasteiger partial charge is 0.239 e. The third-order valence-electron chi connectivity index (χ3n) is 3.42. The SMILES string of the molecule is CC[C@@H](Sc1nnc(NCCc2cccs2)s1)C(=O)Nc1cc(C)on1. The molecule has 138 valence electrons. The molecule has 0 radical (unpaired) electrons. The summed E-state index contributed by atoms with van der Waals surface area (Å²) in [4.78, 5) is 13.7. The second kappa shape index (κ2) is 9.15. The molecule has 0 aliphatic carbocycles. The Bertz CT molecular complexity index is 831. The molecule has 26 heavy (non-hydrogen) atoms. The Labute approximate surface area is 163 Å². The van der Waals surface area contributed by atoms with E-state index >= 15 is 0 Å². The van der Waals surface area contributed by atoms with Crippen LogP contribution in [0.2, 0.25) is 0 Å². The molecule has 3 rings (SSSR count). The van der Waals surface area contributed by atoms with Crippen LogP contribution in [0.5, 0.6) is 0 Å². The number of carbonyl (C=O) groups is 1. The zero-order valence-electron chi connectivity index (χ0n) is 14.4. The Balaban J connectivity index is 1.50. The number of rotatable bonds is 9. The van der Waals surface area contributed by atoms with E-state index in [-0.39, 0.29) is 11.2 Å². The average molecular weight is 410 g/mol. The molecule has 0 spiro atoms. The van der Waals surface area contributed by atoms with Gasteiger partial charge in [0, 0.05) is 17.5 Å². The van der Waals surface area contributed by atoms with Crippen LogP contribution >= 0.6 is 34.4 Å². The molecule has 10 heteroatoms. The van der Waals surface area contributed by atoms with E-state index in [0.717, 1.165) is 22.4 Å². The minimum absolute atomic E-state index is 0.117. The summed E-state index contributed by atoms with van der Waals surface area (Å²) in [6, 6.07) is 5.86. The highest BCUT2D eigenvalue weighted by atomic mass is 32.2. The van der Waals surface area contributed by atoms with Crippen molar-refractivity contribution in [2.75, 3.05) is 17.2 Å². The molecule has 0 saturated heterocycles. The topological polar surface area (TPSA) is 92.9 Å². The fourth-order valence-electron chi connectivity index (χ4n) is 2.15. The highest BCUT2D eigenvalue weighted by Gasteiger charge is 2.21. The largest absolute Gasteiger partial charge is 0.360 e. The van der Waals surface area contributed by atoms with Crippen molar-refractivity contribution in [2.24, 2.45) is 0 Å². The predicted molar refractivity (Wildman–Crippen MR) is 106 cm³/mol. The molecule has 0 bridgehead atoms. The van der Waals surface area contributed by atoms with E-state index in [0.29, 0.717) is 18.0 Å². The van der Waals surface area contributed by atoms with Crippen LogP contribution in [-0.4, -0.2) is 33.1 Å². The molecule has 7 nitrogen and oxygen atoms in total. The van der Waals surface area contributed by atoms with Crippen molar-refractivity contribution in [3.63, 3.8) is 0 Å². The van der Waals surface area contributed by atoms with Crippen LogP contribution in [0.1, 0.15) is 24.0 Å². The summed E-state index contributed by atoms with van der Waals surface area (Å²) < 4.78 is 5.73. The molecule has 0 aliphatic heterocycles. The van der Waals surface area contributed by atoms with Gasteiger partial charge in [-0.3, -0.25) is 4.79 Å². The number of amides is 1. The number of thiophene rings is 1. The first-order valence-electron chi connectivity index (χ1n) is 8.14. The van der Waals surface area contributed by atoms with E-state index in [1.165, 1.54) is 28.0 Å². The molecule has 3 aromatic rings. The molecule has 2 N–H and O–H groups in total. The lowest BCUT2D eigenvalue weighted by atomic mass is 10.3. The monoisotopic (exact) mass is 409 g/mol. The van der Waals surface area contributed by atoms with Gasteiger partial charge in [-0.1, -0.05) is 41.2 Å². The normalized spacial score (nSPS) is 12.1. The number of nitrogens with zero attached hydrogens (tertiary/aromatic N) is 3. The van der Waals surface area contributed by atoms with Gasteiger partial charge in [-0.15, -0.1) is 21.5 Å². The third-order valence-corrected chi connectivity index (χ3v) is 6.69. The highest BCUT2D eigenvalue weighted by Crippen LogP contribution is 2.31. The van der Waals surface area contributed by atoms with E-state index < -0.39 is 0 Å². The molecule has 3 aromatic heterocycles. The number of nitrogens with one attached hydrogen (secondary N) is 2. The maximum Gasteiger partial charge on any atom is 0.239 e. The summed E-state index contributed by atoms with van der Waals surface area (Å²) in [6.45, 7) is 4.55. The van der Waals surface area contributed by atoms with Crippen LogP contribution in [0.15, 0.2) is 32.4 Å². The van der Waals surface area contributed by atoms with Gasteiger partial charge in [-0.25, -0.2) is 0 Å². The molecule has 1 atom stereocenters. The summed E-state index contributed by atoms with van der Waals surface area (Å²) in [5.41, 5.74) is 0. The number of hydrogen-bond acceptors (Lipinski definition) is 9. The lowest BCUT2D eigenvalue weighted by molar-refractivity contribution is -0.115. The zero-order chi connectivity index (χ0) is 18.4. The Morgan fingerprint density at radius 1 is 1.42 bits per heavy atom. The minimum atomic E-state index is -0.265. The molecular formula is C16H19N5O2S3. The number of aromatic nitrogens is 3. The lowest BCUT2D eigenvalue weighted by Crippen LogP contribution is -2.24. The second-order valence-electron chi connectivity index (χ2n) is 5.46. The van der Waals surface area contributed by atoms with Crippen LogP contribution < -0.4 is 10.6 Å². The zero-order valence-corrected chi connectivity index (χ0v) is 16.8. The Hall–Kier alpha value is -1.91. The van der Waals surface area contributed by atoms with Crippen LogP contribution in [-0.2, 0) is 11.2 Å². The van der Waals surface area contributed by atoms with Crippen LogP contribution in [0, 0.1) is 6.92 Å². The summed E-state index contributed by atoms with van der Waals surface area (Å²) in [7, 11) is 0. The predicted octanol–water partition coefficient (Wildman–Crippen LogP) is 4.06. The van der Waals surface area contributed by atoms with Crippen molar-refractivity contribution in [1.82, 2.24) is 15.4 Å².